The van der Waals surface area contributed by atoms with Crippen LogP contribution in [0.2, 0.25) is 5.15 Å². The van der Waals surface area contributed by atoms with Gasteiger partial charge in [0, 0.05) is 13.1 Å². The van der Waals surface area contributed by atoms with Gasteiger partial charge in [0.25, 0.3) is 0 Å². The van der Waals surface area contributed by atoms with Crippen molar-refractivity contribution >= 4 is 17.4 Å². The van der Waals surface area contributed by atoms with Crippen LogP contribution < -0.4 is 4.90 Å². The summed E-state index contributed by atoms with van der Waals surface area (Å²) in [4.78, 5) is 2.09. The minimum absolute atomic E-state index is 0.406. The molecule has 4 heteroatoms. The molecule has 0 N–H and O–H groups in total. The maximum Gasteiger partial charge on any atom is 0.155 e. The van der Waals surface area contributed by atoms with E-state index in [1.807, 2.05) is 20.9 Å². The summed E-state index contributed by atoms with van der Waals surface area (Å²) in [6, 6.07) is 0.406. The van der Waals surface area contributed by atoms with Crippen LogP contribution in [0.5, 0.6) is 0 Å². The standard InChI is InChI=1S/C10H16ClN3/c1-6(2)14(5)10-8(4)7(3)9(11)12-13-10/h6H,1-5H3. The molecule has 0 aliphatic heterocycles. The maximum atomic E-state index is 5.88. The van der Waals surface area contributed by atoms with Crippen LogP contribution in [0.4, 0.5) is 5.82 Å². The Balaban J connectivity index is 3.17. The van der Waals surface area contributed by atoms with Gasteiger partial charge in [-0.05, 0) is 38.8 Å². The third-order valence-corrected chi connectivity index (χ3v) is 2.91. The van der Waals surface area contributed by atoms with E-state index in [-0.39, 0.29) is 0 Å². The van der Waals surface area contributed by atoms with Crippen molar-refractivity contribution in [2.45, 2.75) is 33.7 Å². The highest BCUT2D eigenvalue weighted by atomic mass is 35.5. The average Bonchev–Trinajstić information content (AvgIpc) is 2.13. The minimum Gasteiger partial charge on any atom is -0.356 e. The molecule has 0 fully saturated rings. The second-order valence-corrected chi connectivity index (χ2v) is 4.13. The first kappa shape index (κ1) is 11.2. The van der Waals surface area contributed by atoms with Gasteiger partial charge in [-0.3, -0.25) is 0 Å². The molecular formula is C10H16ClN3. The molecule has 3 nitrogen and oxygen atoms in total. The zero-order chi connectivity index (χ0) is 10.9. The van der Waals surface area contributed by atoms with Gasteiger partial charge in [0.15, 0.2) is 11.0 Å². The van der Waals surface area contributed by atoms with E-state index in [0.717, 1.165) is 16.9 Å². The summed E-state index contributed by atoms with van der Waals surface area (Å²) >= 11 is 5.88. The van der Waals surface area contributed by atoms with Crippen LogP contribution >= 0.6 is 11.6 Å². The Morgan fingerprint density at radius 3 is 2.21 bits per heavy atom. The maximum absolute atomic E-state index is 5.88. The van der Waals surface area contributed by atoms with E-state index in [0.29, 0.717) is 11.2 Å². The normalized spacial score (nSPS) is 10.8. The summed E-state index contributed by atoms with van der Waals surface area (Å²) in [5.74, 6) is 0.905. The molecule has 0 amide bonds. The van der Waals surface area contributed by atoms with Crippen molar-refractivity contribution in [3.8, 4) is 0 Å². The average molecular weight is 214 g/mol. The fraction of sp³-hybridized carbons (Fsp3) is 0.600. The summed E-state index contributed by atoms with van der Waals surface area (Å²) in [5, 5.41) is 8.51. The van der Waals surface area contributed by atoms with Crippen LogP contribution in [0.15, 0.2) is 0 Å². The first-order chi connectivity index (χ1) is 6.45. The van der Waals surface area contributed by atoms with Gasteiger partial charge in [0.05, 0.1) is 0 Å². The molecular weight excluding hydrogens is 198 g/mol. The highest BCUT2D eigenvalue weighted by Gasteiger charge is 2.13. The molecule has 1 heterocycles. The van der Waals surface area contributed by atoms with Gasteiger partial charge in [0.1, 0.15) is 0 Å². The SMILES string of the molecule is Cc1c(Cl)nnc(N(C)C(C)C)c1C. The van der Waals surface area contributed by atoms with Gasteiger partial charge in [-0.25, -0.2) is 0 Å². The van der Waals surface area contributed by atoms with E-state index in [1.165, 1.54) is 0 Å². The van der Waals surface area contributed by atoms with E-state index in [2.05, 4.69) is 28.9 Å². The largest absolute Gasteiger partial charge is 0.356 e. The number of hydrogen-bond acceptors (Lipinski definition) is 3. The summed E-state index contributed by atoms with van der Waals surface area (Å²) < 4.78 is 0. The predicted molar refractivity (Wildman–Crippen MR) is 60.1 cm³/mol. The molecule has 0 aromatic carbocycles. The monoisotopic (exact) mass is 213 g/mol. The van der Waals surface area contributed by atoms with Gasteiger partial charge in [-0.15, -0.1) is 10.2 Å². The molecule has 0 spiro atoms. The molecule has 78 valence electrons. The fourth-order valence-electron chi connectivity index (χ4n) is 1.14. The van der Waals surface area contributed by atoms with Crippen LogP contribution in [0.3, 0.4) is 0 Å². The molecule has 0 saturated carbocycles. The lowest BCUT2D eigenvalue weighted by Crippen LogP contribution is -2.27. The van der Waals surface area contributed by atoms with Crippen molar-refractivity contribution in [2.75, 3.05) is 11.9 Å². The molecule has 1 aromatic heterocycles. The molecule has 0 atom stereocenters. The number of rotatable bonds is 2. The van der Waals surface area contributed by atoms with Crippen molar-refractivity contribution < 1.29 is 0 Å². The molecule has 14 heavy (non-hydrogen) atoms. The van der Waals surface area contributed by atoms with Crippen molar-refractivity contribution in [2.24, 2.45) is 0 Å². The van der Waals surface area contributed by atoms with Gasteiger partial charge < -0.3 is 4.90 Å². The Bertz CT molecular complexity index is 336. The minimum atomic E-state index is 0.406. The molecule has 1 rings (SSSR count). The van der Waals surface area contributed by atoms with Crippen LogP contribution in [0.1, 0.15) is 25.0 Å². The van der Waals surface area contributed by atoms with Crippen molar-refractivity contribution in [3.63, 3.8) is 0 Å². The molecule has 0 saturated heterocycles. The Kier molecular flexibility index (Phi) is 3.32. The lowest BCUT2D eigenvalue weighted by molar-refractivity contribution is 0.729. The number of anilines is 1. The van der Waals surface area contributed by atoms with Gasteiger partial charge in [0.2, 0.25) is 0 Å². The molecule has 1 aromatic rings. The van der Waals surface area contributed by atoms with Crippen molar-refractivity contribution in [1.29, 1.82) is 0 Å². The summed E-state index contributed by atoms with van der Waals surface area (Å²) in [6.45, 7) is 8.21. The van der Waals surface area contributed by atoms with E-state index < -0.39 is 0 Å². The quantitative estimate of drug-likeness (QED) is 0.756. The van der Waals surface area contributed by atoms with Crippen molar-refractivity contribution in [1.82, 2.24) is 10.2 Å². The van der Waals surface area contributed by atoms with Crippen LogP contribution in [0.25, 0.3) is 0 Å². The summed E-state index contributed by atoms with van der Waals surface area (Å²) in [5.41, 5.74) is 2.10. The first-order valence-electron chi connectivity index (χ1n) is 4.67. The van der Waals surface area contributed by atoms with E-state index in [4.69, 9.17) is 11.6 Å². The van der Waals surface area contributed by atoms with Gasteiger partial charge in [-0.1, -0.05) is 11.6 Å². The van der Waals surface area contributed by atoms with Crippen LogP contribution in [-0.2, 0) is 0 Å². The Morgan fingerprint density at radius 1 is 1.14 bits per heavy atom. The Labute approximate surface area is 90.1 Å². The Morgan fingerprint density at radius 2 is 1.71 bits per heavy atom. The molecule has 0 unspecified atom stereocenters. The van der Waals surface area contributed by atoms with E-state index in [9.17, 15) is 0 Å². The van der Waals surface area contributed by atoms with Gasteiger partial charge >= 0.3 is 0 Å². The van der Waals surface area contributed by atoms with Crippen LogP contribution in [0, 0.1) is 13.8 Å². The molecule has 0 aliphatic rings. The second kappa shape index (κ2) is 4.13. The molecule has 0 bridgehead atoms. The molecule has 0 radical (unpaired) electrons. The lowest BCUT2D eigenvalue weighted by atomic mass is 10.2. The van der Waals surface area contributed by atoms with Gasteiger partial charge in [-0.2, -0.15) is 0 Å². The second-order valence-electron chi connectivity index (χ2n) is 3.77. The highest BCUT2D eigenvalue weighted by Crippen LogP contribution is 2.23. The lowest BCUT2D eigenvalue weighted by Gasteiger charge is -2.24. The summed E-state index contributed by atoms with van der Waals surface area (Å²) in [6.07, 6.45) is 0. The summed E-state index contributed by atoms with van der Waals surface area (Å²) in [7, 11) is 2.01. The first-order valence-corrected chi connectivity index (χ1v) is 5.05. The van der Waals surface area contributed by atoms with Crippen LogP contribution in [-0.4, -0.2) is 23.3 Å². The molecule has 0 aliphatic carbocycles. The fourth-order valence-corrected chi connectivity index (χ4v) is 1.32. The Hall–Kier alpha value is -0.830. The third kappa shape index (κ3) is 1.98. The number of aromatic nitrogens is 2. The topological polar surface area (TPSA) is 29.0 Å². The van der Waals surface area contributed by atoms with E-state index in [1.54, 1.807) is 0 Å². The predicted octanol–water partition coefficient (Wildman–Crippen LogP) is 2.59. The number of hydrogen-bond donors (Lipinski definition) is 0. The zero-order valence-corrected chi connectivity index (χ0v) is 10.1. The number of nitrogens with zero attached hydrogens (tertiary/aromatic N) is 3. The third-order valence-electron chi connectivity index (χ3n) is 2.55. The zero-order valence-electron chi connectivity index (χ0n) is 9.30. The van der Waals surface area contributed by atoms with E-state index >= 15 is 0 Å². The van der Waals surface area contributed by atoms with Crippen molar-refractivity contribution in [3.05, 3.63) is 16.3 Å². The highest BCUT2D eigenvalue weighted by molar-refractivity contribution is 6.30. The smallest absolute Gasteiger partial charge is 0.155 e. The number of halogens is 1.